The second kappa shape index (κ2) is 5.35. The second-order valence-corrected chi connectivity index (χ2v) is 4.85. The van der Waals surface area contributed by atoms with Crippen LogP contribution >= 0.6 is 11.6 Å². The van der Waals surface area contributed by atoms with Crippen LogP contribution in [0, 0.1) is 0 Å². The van der Waals surface area contributed by atoms with E-state index in [2.05, 4.69) is 10.1 Å². The third-order valence-corrected chi connectivity index (χ3v) is 3.15. The Labute approximate surface area is 121 Å². The van der Waals surface area contributed by atoms with Crippen molar-refractivity contribution in [1.29, 1.82) is 0 Å². The van der Waals surface area contributed by atoms with Gasteiger partial charge in [0.05, 0.1) is 5.56 Å². The van der Waals surface area contributed by atoms with Gasteiger partial charge in [-0.05, 0) is 23.8 Å². The lowest BCUT2D eigenvalue weighted by Crippen LogP contribution is -1.92. The van der Waals surface area contributed by atoms with E-state index in [1.807, 2.05) is 30.3 Å². The summed E-state index contributed by atoms with van der Waals surface area (Å²) in [5.74, 6) is 1.03. The van der Waals surface area contributed by atoms with Crippen LogP contribution in [0.3, 0.4) is 0 Å². The molecule has 0 bridgehead atoms. The maximum absolute atomic E-state index is 5.90. The smallest absolute Gasteiger partial charge is 0.260 e. The predicted octanol–water partition coefficient (Wildman–Crippen LogP) is 3.56. The Morgan fingerprint density at radius 3 is 2.65 bits per heavy atom. The summed E-state index contributed by atoms with van der Waals surface area (Å²) < 4.78 is 5.26. The monoisotopic (exact) mass is 285 g/mol. The quantitative estimate of drug-likeness (QED) is 0.747. The van der Waals surface area contributed by atoms with Gasteiger partial charge in [0.25, 0.3) is 5.89 Å². The van der Waals surface area contributed by atoms with Crippen molar-refractivity contribution in [3.63, 3.8) is 0 Å². The zero-order valence-electron chi connectivity index (χ0n) is 10.6. The third kappa shape index (κ3) is 2.65. The number of nitrogen functional groups attached to an aromatic ring is 1. The van der Waals surface area contributed by atoms with Gasteiger partial charge in [0, 0.05) is 17.1 Å². The van der Waals surface area contributed by atoms with Gasteiger partial charge in [-0.3, -0.25) is 0 Å². The predicted molar refractivity (Wildman–Crippen MR) is 78.4 cm³/mol. The average Bonchev–Trinajstić information content (AvgIpc) is 2.88. The lowest BCUT2D eigenvalue weighted by Gasteiger charge is -2.00. The first-order valence-electron chi connectivity index (χ1n) is 6.14. The minimum absolute atomic E-state index is 0.407. The molecule has 0 aliphatic heterocycles. The first kappa shape index (κ1) is 12.7. The number of halogens is 1. The Bertz CT molecular complexity index is 725. The van der Waals surface area contributed by atoms with Gasteiger partial charge in [0.1, 0.15) is 0 Å². The Morgan fingerprint density at radius 1 is 1.10 bits per heavy atom. The molecule has 1 heterocycles. The molecule has 0 spiro atoms. The van der Waals surface area contributed by atoms with E-state index in [1.165, 1.54) is 0 Å². The zero-order valence-corrected chi connectivity index (χ0v) is 11.3. The summed E-state index contributed by atoms with van der Waals surface area (Å²) >= 11 is 5.87. The highest BCUT2D eigenvalue weighted by Crippen LogP contribution is 2.27. The summed E-state index contributed by atoms with van der Waals surface area (Å²) in [6.45, 7) is 0. The molecule has 0 atom stereocenters. The van der Waals surface area contributed by atoms with Crippen LogP contribution < -0.4 is 5.73 Å². The molecule has 5 heteroatoms. The van der Waals surface area contributed by atoms with E-state index in [9.17, 15) is 0 Å². The normalized spacial score (nSPS) is 10.7. The number of hydrogen-bond donors (Lipinski definition) is 1. The topological polar surface area (TPSA) is 64.9 Å². The van der Waals surface area contributed by atoms with Gasteiger partial charge < -0.3 is 10.3 Å². The molecule has 0 unspecified atom stereocenters. The summed E-state index contributed by atoms with van der Waals surface area (Å²) in [4.78, 5) is 4.37. The second-order valence-electron chi connectivity index (χ2n) is 4.41. The summed E-state index contributed by atoms with van der Waals surface area (Å²) in [6, 6.07) is 15.2. The van der Waals surface area contributed by atoms with Crippen molar-refractivity contribution in [2.45, 2.75) is 6.42 Å². The molecule has 0 aliphatic rings. The number of anilines is 1. The maximum atomic E-state index is 5.90. The molecular weight excluding hydrogens is 274 g/mol. The van der Waals surface area contributed by atoms with Gasteiger partial charge >= 0.3 is 0 Å². The molecule has 0 saturated heterocycles. The summed E-state index contributed by atoms with van der Waals surface area (Å²) in [5, 5.41) is 4.56. The number of rotatable bonds is 3. The standard InChI is InChI=1S/C15H12ClN3O/c16-11-6-7-12(13(17)9-11)15-18-14(19-20-15)8-10-4-2-1-3-5-10/h1-7,9H,8,17H2. The molecule has 0 aliphatic carbocycles. The van der Waals surface area contributed by atoms with E-state index >= 15 is 0 Å². The molecule has 3 rings (SSSR count). The van der Waals surface area contributed by atoms with E-state index in [0.29, 0.717) is 34.4 Å². The highest BCUT2D eigenvalue weighted by molar-refractivity contribution is 6.31. The molecule has 0 amide bonds. The SMILES string of the molecule is Nc1cc(Cl)ccc1-c1nc(Cc2ccccc2)no1. The molecular formula is C15H12ClN3O. The van der Waals surface area contributed by atoms with Crippen LogP contribution in [-0.2, 0) is 6.42 Å². The van der Waals surface area contributed by atoms with Crippen LogP contribution in [0.25, 0.3) is 11.5 Å². The van der Waals surface area contributed by atoms with Gasteiger partial charge in [-0.25, -0.2) is 0 Å². The fourth-order valence-corrected chi connectivity index (χ4v) is 2.12. The summed E-state index contributed by atoms with van der Waals surface area (Å²) in [7, 11) is 0. The Kier molecular flexibility index (Phi) is 3.39. The molecule has 0 saturated carbocycles. The highest BCUT2D eigenvalue weighted by Gasteiger charge is 2.12. The maximum Gasteiger partial charge on any atom is 0.260 e. The van der Waals surface area contributed by atoms with Crippen molar-refractivity contribution < 1.29 is 4.52 Å². The number of aromatic nitrogens is 2. The Hall–Kier alpha value is -2.33. The lowest BCUT2D eigenvalue weighted by atomic mass is 10.1. The van der Waals surface area contributed by atoms with Gasteiger partial charge in [-0.15, -0.1) is 0 Å². The van der Waals surface area contributed by atoms with Gasteiger partial charge in [-0.1, -0.05) is 47.1 Å². The van der Waals surface area contributed by atoms with Gasteiger partial charge in [0.2, 0.25) is 0 Å². The van der Waals surface area contributed by atoms with Gasteiger partial charge in [0.15, 0.2) is 5.82 Å². The Morgan fingerprint density at radius 2 is 1.90 bits per heavy atom. The highest BCUT2D eigenvalue weighted by atomic mass is 35.5. The van der Waals surface area contributed by atoms with Crippen molar-refractivity contribution in [2.75, 3.05) is 5.73 Å². The summed E-state index contributed by atoms with van der Waals surface area (Å²) in [6.07, 6.45) is 0.623. The molecule has 3 aromatic rings. The van der Waals surface area contributed by atoms with Crippen LogP contribution in [0.15, 0.2) is 53.1 Å². The van der Waals surface area contributed by atoms with Crippen molar-refractivity contribution in [3.05, 3.63) is 64.9 Å². The fraction of sp³-hybridized carbons (Fsp3) is 0.0667. The van der Waals surface area contributed by atoms with Crippen LogP contribution in [0.5, 0.6) is 0 Å². The third-order valence-electron chi connectivity index (χ3n) is 2.92. The average molecular weight is 286 g/mol. The minimum Gasteiger partial charge on any atom is -0.398 e. The van der Waals surface area contributed by atoms with E-state index in [0.717, 1.165) is 5.56 Å². The lowest BCUT2D eigenvalue weighted by molar-refractivity contribution is 0.424. The molecule has 2 N–H and O–H groups in total. The van der Waals surface area contributed by atoms with E-state index in [-0.39, 0.29) is 0 Å². The molecule has 20 heavy (non-hydrogen) atoms. The molecule has 4 nitrogen and oxygen atoms in total. The van der Waals surface area contributed by atoms with Crippen LogP contribution in [0.1, 0.15) is 11.4 Å². The van der Waals surface area contributed by atoms with Gasteiger partial charge in [-0.2, -0.15) is 4.98 Å². The Balaban J connectivity index is 1.87. The largest absolute Gasteiger partial charge is 0.398 e. The minimum atomic E-state index is 0.407. The molecule has 100 valence electrons. The first-order valence-corrected chi connectivity index (χ1v) is 6.52. The van der Waals surface area contributed by atoms with E-state index < -0.39 is 0 Å². The van der Waals surface area contributed by atoms with Crippen LogP contribution in [0.2, 0.25) is 5.02 Å². The summed E-state index contributed by atoms with van der Waals surface area (Å²) in [5.41, 5.74) is 8.25. The number of benzene rings is 2. The number of nitrogens with zero attached hydrogens (tertiary/aromatic N) is 2. The van der Waals surface area contributed by atoms with Crippen molar-refractivity contribution >= 4 is 17.3 Å². The number of nitrogens with two attached hydrogens (primary N) is 1. The molecule has 0 radical (unpaired) electrons. The van der Waals surface area contributed by atoms with Crippen LogP contribution in [-0.4, -0.2) is 10.1 Å². The first-order chi connectivity index (χ1) is 9.72. The number of hydrogen-bond acceptors (Lipinski definition) is 4. The zero-order chi connectivity index (χ0) is 13.9. The fourth-order valence-electron chi connectivity index (χ4n) is 1.94. The van der Waals surface area contributed by atoms with Crippen LogP contribution in [0.4, 0.5) is 5.69 Å². The van der Waals surface area contributed by atoms with E-state index in [4.69, 9.17) is 21.9 Å². The molecule has 1 aromatic heterocycles. The van der Waals surface area contributed by atoms with Crippen molar-refractivity contribution in [2.24, 2.45) is 0 Å². The van der Waals surface area contributed by atoms with Crippen molar-refractivity contribution in [1.82, 2.24) is 10.1 Å². The van der Waals surface area contributed by atoms with E-state index in [1.54, 1.807) is 18.2 Å². The molecule has 0 fully saturated rings. The van der Waals surface area contributed by atoms with Crippen molar-refractivity contribution in [3.8, 4) is 11.5 Å². The molecule has 2 aromatic carbocycles.